The molecular formula is C37H71NO8P+. The maximum Gasteiger partial charge on any atom is 0.472 e. The predicted octanol–water partition coefficient (Wildman–Crippen LogP) is 9.63. The van der Waals surface area contributed by atoms with Crippen LogP contribution in [-0.4, -0.2) is 74.9 Å². The van der Waals surface area contributed by atoms with Crippen molar-refractivity contribution in [3.8, 4) is 0 Å². The van der Waals surface area contributed by atoms with Crippen molar-refractivity contribution >= 4 is 19.8 Å². The third kappa shape index (κ3) is 34.2. The van der Waals surface area contributed by atoms with Crippen LogP contribution in [0.2, 0.25) is 0 Å². The fourth-order valence-corrected chi connectivity index (χ4v) is 5.49. The number of phosphoric acid groups is 1. The highest BCUT2D eigenvalue weighted by atomic mass is 31.2. The lowest BCUT2D eigenvalue weighted by atomic mass is 10.1. The lowest BCUT2D eigenvalue weighted by molar-refractivity contribution is -0.870. The Balaban J connectivity index is 4.36. The SMILES string of the molecule is CCCCC/C=C\C/C=C\CCCCCCCCCC(=O)OC(COC(=O)CCCCCCCC)COP(=O)(O)OCC[N+](C)(C)C. The number of hydrogen-bond acceptors (Lipinski definition) is 7. The molecule has 0 spiro atoms. The van der Waals surface area contributed by atoms with Crippen LogP contribution in [0, 0.1) is 0 Å². The van der Waals surface area contributed by atoms with E-state index in [9.17, 15) is 19.0 Å². The number of allylic oxidation sites excluding steroid dienone is 4. The van der Waals surface area contributed by atoms with E-state index in [-0.39, 0.29) is 32.0 Å². The average Bonchev–Trinajstić information content (AvgIpc) is 3.01. The Morgan fingerprint density at radius 3 is 1.72 bits per heavy atom. The standard InChI is InChI=1S/C37H70NO8P/c1-6-8-10-12-14-15-16-17-18-19-20-21-22-23-24-26-28-30-37(40)46-35(33-43-36(39)29-27-25-13-11-9-7-2)34-45-47(41,42)44-32-31-38(3,4)5/h14-15,17-18,35H,6-13,16,19-34H2,1-5H3/p+1/b15-14-,18-17-. The monoisotopic (exact) mass is 688 g/mol. The fourth-order valence-electron chi connectivity index (χ4n) is 4.75. The average molecular weight is 689 g/mol. The number of quaternary nitrogens is 1. The first kappa shape index (κ1) is 45.5. The molecule has 0 rings (SSSR count). The Labute approximate surface area is 288 Å². The molecule has 0 heterocycles. The number of unbranched alkanes of at least 4 members (excludes halogenated alkanes) is 15. The summed E-state index contributed by atoms with van der Waals surface area (Å²) in [7, 11) is 1.47. The Morgan fingerprint density at radius 1 is 0.660 bits per heavy atom. The van der Waals surface area contributed by atoms with Gasteiger partial charge in [0.15, 0.2) is 6.10 Å². The van der Waals surface area contributed by atoms with Crippen LogP contribution in [0.25, 0.3) is 0 Å². The molecule has 0 aliphatic heterocycles. The van der Waals surface area contributed by atoms with Gasteiger partial charge in [0.25, 0.3) is 0 Å². The molecule has 0 aromatic heterocycles. The van der Waals surface area contributed by atoms with Gasteiger partial charge in [-0.25, -0.2) is 4.57 Å². The summed E-state index contributed by atoms with van der Waals surface area (Å²) >= 11 is 0. The zero-order valence-corrected chi connectivity index (χ0v) is 31.7. The lowest BCUT2D eigenvalue weighted by Crippen LogP contribution is -2.37. The normalized spacial score (nSPS) is 14.1. The molecule has 0 fully saturated rings. The number of phosphoric ester groups is 1. The summed E-state index contributed by atoms with van der Waals surface area (Å²) in [5.74, 6) is -0.818. The molecule has 0 aromatic rings. The van der Waals surface area contributed by atoms with E-state index in [1.165, 1.54) is 57.8 Å². The largest absolute Gasteiger partial charge is 0.472 e. The summed E-state index contributed by atoms with van der Waals surface area (Å²) in [5, 5.41) is 0. The first-order chi connectivity index (χ1) is 22.5. The quantitative estimate of drug-likeness (QED) is 0.0239. The predicted molar refractivity (Wildman–Crippen MR) is 192 cm³/mol. The van der Waals surface area contributed by atoms with Gasteiger partial charge in [-0.1, -0.05) is 115 Å². The molecule has 47 heavy (non-hydrogen) atoms. The second kappa shape index (κ2) is 30.5. The van der Waals surface area contributed by atoms with Gasteiger partial charge < -0.3 is 18.9 Å². The van der Waals surface area contributed by atoms with Crippen molar-refractivity contribution < 1.29 is 42.1 Å². The highest BCUT2D eigenvalue weighted by Crippen LogP contribution is 2.43. The van der Waals surface area contributed by atoms with Crippen molar-refractivity contribution in [3.05, 3.63) is 24.3 Å². The van der Waals surface area contributed by atoms with E-state index < -0.39 is 26.5 Å². The third-order valence-corrected chi connectivity index (χ3v) is 8.72. The Morgan fingerprint density at radius 2 is 1.15 bits per heavy atom. The molecule has 0 bridgehead atoms. The van der Waals surface area contributed by atoms with Gasteiger partial charge in [0, 0.05) is 12.8 Å². The summed E-state index contributed by atoms with van der Waals surface area (Å²) in [6, 6.07) is 0. The molecule has 276 valence electrons. The summed E-state index contributed by atoms with van der Waals surface area (Å²) < 4.78 is 34.0. The van der Waals surface area contributed by atoms with Crippen LogP contribution >= 0.6 is 7.82 Å². The zero-order valence-electron chi connectivity index (χ0n) is 30.8. The van der Waals surface area contributed by atoms with Gasteiger partial charge in [0.2, 0.25) is 0 Å². The summed E-state index contributed by atoms with van der Waals surface area (Å²) in [4.78, 5) is 34.9. The van der Waals surface area contributed by atoms with Crippen LogP contribution in [0.4, 0.5) is 0 Å². The summed E-state index contributed by atoms with van der Waals surface area (Å²) in [6.45, 7) is 4.30. The number of likely N-dealkylation sites (N-methyl/N-ethyl adjacent to an activating group) is 1. The summed E-state index contributed by atoms with van der Waals surface area (Å²) in [6.07, 6.45) is 29.6. The van der Waals surface area contributed by atoms with Gasteiger partial charge in [-0.15, -0.1) is 0 Å². The minimum atomic E-state index is -4.36. The van der Waals surface area contributed by atoms with E-state index in [1.807, 2.05) is 21.1 Å². The number of nitrogens with zero attached hydrogens (tertiary/aromatic N) is 1. The minimum Gasteiger partial charge on any atom is -0.462 e. The second-order valence-corrected chi connectivity index (χ2v) is 15.1. The van der Waals surface area contributed by atoms with Crippen LogP contribution in [0.15, 0.2) is 24.3 Å². The smallest absolute Gasteiger partial charge is 0.462 e. The third-order valence-electron chi connectivity index (χ3n) is 7.73. The molecule has 0 aliphatic carbocycles. The van der Waals surface area contributed by atoms with Crippen LogP contribution in [0.1, 0.15) is 149 Å². The number of carbonyl (C=O) groups excluding carboxylic acids is 2. The molecule has 2 atom stereocenters. The molecule has 1 N–H and O–H groups in total. The van der Waals surface area contributed by atoms with Gasteiger partial charge in [-0.05, 0) is 44.9 Å². The maximum absolute atomic E-state index is 12.6. The number of ether oxygens (including phenoxy) is 2. The fraction of sp³-hybridized carbons (Fsp3) is 0.838. The molecule has 0 aromatic carbocycles. The number of hydrogen-bond donors (Lipinski definition) is 1. The Kier molecular flexibility index (Phi) is 29.6. The van der Waals surface area contributed by atoms with Gasteiger partial charge >= 0.3 is 19.8 Å². The van der Waals surface area contributed by atoms with Crippen LogP contribution < -0.4 is 0 Å². The Hall–Kier alpha value is -1.51. The maximum atomic E-state index is 12.6. The molecule has 0 amide bonds. The molecule has 2 unspecified atom stereocenters. The van der Waals surface area contributed by atoms with E-state index >= 15 is 0 Å². The van der Waals surface area contributed by atoms with Crippen LogP contribution in [0.5, 0.6) is 0 Å². The molecule has 0 radical (unpaired) electrons. The summed E-state index contributed by atoms with van der Waals surface area (Å²) in [5.41, 5.74) is 0. The highest BCUT2D eigenvalue weighted by molar-refractivity contribution is 7.47. The van der Waals surface area contributed by atoms with Crippen molar-refractivity contribution in [1.82, 2.24) is 0 Å². The lowest BCUT2D eigenvalue weighted by Gasteiger charge is -2.24. The van der Waals surface area contributed by atoms with E-state index in [2.05, 4.69) is 38.2 Å². The number of esters is 2. The van der Waals surface area contributed by atoms with E-state index in [1.54, 1.807) is 0 Å². The van der Waals surface area contributed by atoms with Crippen molar-refractivity contribution in [2.45, 2.75) is 155 Å². The second-order valence-electron chi connectivity index (χ2n) is 13.6. The molecular weight excluding hydrogens is 617 g/mol. The van der Waals surface area contributed by atoms with Crippen molar-refractivity contribution in [1.29, 1.82) is 0 Å². The van der Waals surface area contributed by atoms with Gasteiger partial charge in [-0.3, -0.25) is 18.6 Å². The molecule has 0 saturated heterocycles. The van der Waals surface area contributed by atoms with Gasteiger partial charge in [0.05, 0.1) is 27.7 Å². The number of carbonyl (C=O) groups is 2. The van der Waals surface area contributed by atoms with Gasteiger partial charge in [-0.2, -0.15) is 0 Å². The van der Waals surface area contributed by atoms with E-state index in [4.69, 9.17) is 18.5 Å². The Bertz CT molecular complexity index is 871. The van der Waals surface area contributed by atoms with Crippen LogP contribution in [0.3, 0.4) is 0 Å². The van der Waals surface area contributed by atoms with Crippen molar-refractivity contribution in [3.63, 3.8) is 0 Å². The van der Waals surface area contributed by atoms with E-state index in [0.29, 0.717) is 17.4 Å². The molecule has 0 aliphatic rings. The molecule has 9 nitrogen and oxygen atoms in total. The first-order valence-electron chi connectivity index (χ1n) is 18.6. The van der Waals surface area contributed by atoms with Crippen molar-refractivity contribution in [2.75, 3.05) is 47.5 Å². The van der Waals surface area contributed by atoms with Crippen molar-refractivity contribution in [2.24, 2.45) is 0 Å². The topological polar surface area (TPSA) is 108 Å². The zero-order chi connectivity index (χ0) is 35.1. The molecule has 10 heteroatoms. The highest BCUT2D eigenvalue weighted by Gasteiger charge is 2.27. The van der Waals surface area contributed by atoms with Gasteiger partial charge in [0.1, 0.15) is 19.8 Å². The van der Waals surface area contributed by atoms with E-state index in [0.717, 1.165) is 57.8 Å². The van der Waals surface area contributed by atoms with Crippen LogP contribution in [-0.2, 0) is 32.7 Å². The number of rotatable bonds is 33. The minimum absolute atomic E-state index is 0.0309. The molecule has 0 saturated carbocycles. The first-order valence-corrected chi connectivity index (χ1v) is 20.1.